The average molecular weight is 399 g/mol. The molecular weight excluding hydrogens is 370 g/mol. The van der Waals surface area contributed by atoms with Gasteiger partial charge in [0.2, 0.25) is 5.95 Å². The summed E-state index contributed by atoms with van der Waals surface area (Å²) in [5.41, 5.74) is 2.23. The predicted octanol–water partition coefficient (Wildman–Crippen LogP) is 1.51. The van der Waals surface area contributed by atoms with Crippen molar-refractivity contribution in [2.45, 2.75) is 13.3 Å². The van der Waals surface area contributed by atoms with Crippen molar-refractivity contribution in [3.63, 3.8) is 0 Å². The molecule has 0 aliphatic carbocycles. The van der Waals surface area contributed by atoms with Crippen molar-refractivity contribution in [3.8, 4) is 5.75 Å². The molecule has 3 rings (SSSR count). The second kappa shape index (κ2) is 10.7. The van der Waals surface area contributed by atoms with Crippen LogP contribution < -0.4 is 15.4 Å². The summed E-state index contributed by atoms with van der Waals surface area (Å²) in [6.45, 7) is 7.21. The summed E-state index contributed by atoms with van der Waals surface area (Å²) in [5.74, 6) is 1.13. The van der Waals surface area contributed by atoms with Gasteiger partial charge in [-0.15, -0.1) is 0 Å². The third-order valence-corrected chi connectivity index (χ3v) is 4.77. The van der Waals surface area contributed by atoms with Gasteiger partial charge in [-0.3, -0.25) is 9.69 Å². The number of para-hydroxylation sites is 1. The summed E-state index contributed by atoms with van der Waals surface area (Å²) in [5, 5.41) is 6.15. The number of carbonyl (C=O) groups is 1. The van der Waals surface area contributed by atoms with Crippen LogP contribution in [-0.2, 0) is 11.2 Å². The van der Waals surface area contributed by atoms with E-state index in [0.717, 1.165) is 56.3 Å². The number of carbonyl (C=O) groups excluding carboxylic acids is 1. The number of anilines is 1. The van der Waals surface area contributed by atoms with Gasteiger partial charge in [-0.2, -0.15) is 0 Å². The van der Waals surface area contributed by atoms with Gasteiger partial charge in [-0.05, 0) is 31.0 Å². The van der Waals surface area contributed by atoms with E-state index in [1.807, 2.05) is 31.2 Å². The molecular formula is C21H29N5O3. The molecule has 8 heteroatoms. The first-order chi connectivity index (χ1) is 14.2. The molecule has 1 saturated heterocycles. The topological polar surface area (TPSA) is 88.6 Å². The Bertz CT molecular complexity index is 809. The Labute approximate surface area is 171 Å². The van der Waals surface area contributed by atoms with Crippen LogP contribution >= 0.6 is 0 Å². The SMILES string of the molecule is COc1ccccc1CCNc1nc(C)cc(C(=O)NCCN2CCOCC2)n1. The first-order valence-corrected chi connectivity index (χ1v) is 9.95. The van der Waals surface area contributed by atoms with Crippen LogP contribution in [-0.4, -0.2) is 73.8 Å². The quantitative estimate of drug-likeness (QED) is 0.661. The summed E-state index contributed by atoms with van der Waals surface area (Å²) in [7, 11) is 1.67. The van der Waals surface area contributed by atoms with Crippen molar-refractivity contribution in [3.05, 3.63) is 47.3 Å². The molecule has 1 aromatic carbocycles. The highest BCUT2D eigenvalue weighted by Gasteiger charge is 2.13. The molecule has 0 saturated carbocycles. The van der Waals surface area contributed by atoms with Gasteiger partial charge in [-0.25, -0.2) is 9.97 Å². The van der Waals surface area contributed by atoms with Crippen molar-refractivity contribution < 1.29 is 14.3 Å². The number of amides is 1. The number of methoxy groups -OCH3 is 1. The van der Waals surface area contributed by atoms with Crippen LogP contribution in [0.4, 0.5) is 5.95 Å². The van der Waals surface area contributed by atoms with Crippen molar-refractivity contribution in [2.24, 2.45) is 0 Å². The number of nitrogens with one attached hydrogen (secondary N) is 2. The molecule has 29 heavy (non-hydrogen) atoms. The van der Waals surface area contributed by atoms with Crippen molar-refractivity contribution >= 4 is 11.9 Å². The fraction of sp³-hybridized carbons (Fsp3) is 0.476. The number of hydrogen-bond donors (Lipinski definition) is 2. The van der Waals surface area contributed by atoms with Crippen LogP contribution in [0.1, 0.15) is 21.7 Å². The van der Waals surface area contributed by atoms with Crippen LogP contribution in [0, 0.1) is 6.92 Å². The molecule has 2 heterocycles. The normalized spacial score (nSPS) is 14.4. The standard InChI is InChI=1S/C21H29N5O3/c1-16-15-18(20(27)22-9-10-26-11-13-29-14-12-26)25-21(24-16)23-8-7-17-5-3-4-6-19(17)28-2/h3-6,15H,7-14H2,1-2H3,(H,22,27)(H,23,24,25). The van der Waals surface area contributed by atoms with E-state index < -0.39 is 0 Å². The van der Waals surface area contributed by atoms with E-state index in [9.17, 15) is 4.79 Å². The largest absolute Gasteiger partial charge is 0.496 e. The number of nitrogens with zero attached hydrogens (tertiary/aromatic N) is 3. The molecule has 8 nitrogen and oxygen atoms in total. The van der Waals surface area contributed by atoms with Gasteiger partial charge in [0.25, 0.3) is 5.91 Å². The molecule has 1 aromatic heterocycles. The Morgan fingerprint density at radius 1 is 1.21 bits per heavy atom. The molecule has 1 amide bonds. The molecule has 1 aliphatic rings. The maximum Gasteiger partial charge on any atom is 0.270 e. The molecule has 0 spiro atoms. The monoisotopic (exact) mass is 399 g/mol. The van der Waals surface area contributed by atoms with Gasteiger partial charge in [0.1, 0.15) is 11.4 Å². The summed E-state index contributed by atoms with van der Waals surface area (Å²) < 4.78 is 10.7. The Morgan fingerprint density at radius 2 is 2.00 bits per heavy atom. The zero-order valence-electron chi connectivity index (χ0n) is 17.1. The van der Waals surface area contributed by atoms with Gasteiger partial charge in [0.15, 0.2) is 0 Å². The van der Waals surface area contributed by atoms with E-state index in [1.165, 1.54) is 0 Å². The lowest BCUT2D eigenvalue weighted by atomic mass is 10.1. The number of rotatable bonds is 9. The third-order valence-electron chi connectivity index (χ3n) is 4.77. The predicted molar refractivity (Wildman–Crippen MR) is 112 cm³/mol. The number of morpholine rings is 1. The van der Waals surface area contributed by atoms with Crippen LogP contribution in [0.25, 0.3) is 0 Å². The van der Waals surface area contributed by atoms with Gasteiger partial charge in [-0.1, -0.05) is 18.2 Å². The minimum absolute atomic E-state index is 0.184. The summed E-state index contributed by atoms with van der Waals surface area (Å²) in [4.78, 5) is 23.5. The van der Waals surface area contributed by atoms with Crippen LogP contribution in [0.15, 0.2) is 30.3 Å². The number of aromatic nitrogens is 2. The third kappa shape index (κ3) is 6.40. The number of hydrogen-bond acceptors (Lipinski definition) is 7. The van der Waals surface area contributed by atoms with E-state index in [4.69, 9.17) is 9.47 Å². The number of benzene rings is 1. The van der Waals surface area contributed by atoms with E-state index in [1.54, 1.807) is 13.2 Å². The Hall–Kier alpha value is -2.71. The lowest BCUT2D eigenvalue weighted by Crippen LogP contribution is -2.41. The van der Waals surface area contributed by atoms with Crippen LogP contribution in [0.5, 0.6) is 5.75 Å². The Kier molecular flexibility index (Phi) is 7.77. The van der Waals surface area contributed by atoms with Gasteiger partial charge >= 0.3 is 0 Å². The van der Waals surface area contributed by atoms with E-state index in [-0.39, 0.29) is 5.91 Å². The summed E-state index contributed by atoms with van der Waals surface area (Å²) in [6.07, 6.45) is 0.766. The molecule has 0 atom stereocenters. The van der Waals surface area contributed by atoms with Crippen LogP contribution in [0.2, 0.25) is 0 Å². The molecule has 2 aromatic rings. The van der Waals surface area contributed by atoms with Gasteiger partial charge < -0.3 is 20.1 Å². The first-order valence-electron chi connectivity index (χ1n) is 9.95. The molecule has 0 unspecified atom stereocenters. The van der Waals surface area contributed by atoms with Crippen molar-refractivity contribution in [1.82, 2.24) is 20.2 Å². The van der Waals surface area contributed by atoms with Crippen LogP contribution in [0.3, 0.4) is 0 Å². The number of ether oxygens (including phenoxy) is 2. The lowest BCUT2D eigenvalue weighted by molar-refractivity contribution is 0.0383. The molecule has 2 N–H and O–H groups in total. The van der Waals surface area contributed by atoms with Crippen molar-refractivity contribution in [2.75, 3.05) is 58.4 Å². The Balaban J connectivity index is 1.51. The summed E-state index contributed by atoms with van der Waals surface area (Å²) in [6, 6.07) is 9.61. The first kappa shape index (κ1) is 21.0. The maximum absolute atomic E-state index is 12.5. The summed E-state index contributed by atoms with van der Waals surface area (Å²) >= 11 is 0. The van der Waals surface area contributed by atoms with Gasteiger partial charge in [0, 0.05) is 38.4 Å². The molecule has 0 bridgehead atoms. The van der Waals surface area contributed by atoms with Crippen molar-refractivity contribution in [1.29, 1.82) is 0 Å². The number of aryl methyl sites for hydroxylation is 1. The fourth-order valence-electron chi connectivity index (χ4n) is 3.23. The highest BCUT2D eigenvalue weighted by atomic mass is 16.5. The lowest BCUT2D eigenvalue weighted by Gasteiger charge is -2.26. The van der Waals surface area contributed by atoms with E-state index in [2.05, 4.69) is 25.5 Å². The molecule has 1 fully saturated rings. The molecule has 0 radical (unpaired) electrons. The minimum atomic E-state index is -0.184. The highest BCUT2D eigenvalue weighted by molar-refractivity contribution is 5.92. The smallest absolute Gasteiger partial charge is 0.270 e. The van der Waals surface area contributed by atoms with Gasteiger partial charge in [0.05, 0.1) is 20.3 Å². The fourth-order valence-corrected chi connectivity index (χ4v) is 3.23. The second-order valence-electron chi connectivity index (χ2n) is 6.92. The molecule has 1 aliphatic heterocycles. The highest BCUT2D eigenvalue weighted by Crippen LogP contribution is 2.17. The molecule has 156 valence electrons. The second-order valence-corrected chi connectivity index (χ2v) is 6.92. The van der Waals surface area contributed by atoms with E-state index in [0.29, 0.717) is 24.7 Å². The zero-order chi connectivity index (χ0) is 20.5. The minimum Gasteiger partial charge on any atom is -0.496 e. The van der Waals surface area contributed by atoms with E-state index >= 15 is 0 Å². The zero-order valence-corrected chi connectivity index (χ0v) is 17.1. The Morgan fingerprint density at radius 3 is 2.79 bits per heavy atom. The maximum atomic E-state index is 12.5. The average Bonchev–Trinajstić information content (AvgIpc) is 2.74.